The summed E-state index contributed by atoms with van der Waals surface area (Å²) in [6, 6.07) is 10.5. The first-order chi connectivity index (χ1) is 8.28. The lowest BCUT2D eigenvalue weighted by molar-refractivity contribution is -0.177. The zero-order valence-electron chi connectivity index (χ0n) is 10.0. The Kier molecular flexibility index (Phi) is 2.90. The van der Waals surface area contributed by atoms with Crippen LogP contribution in [0, 0.1) is 0 Å². The molecular weight excluding hydrogens is 214 g/mol. The van der Waals surface area contributed by atoms with E-state index in [1.165, 1.54) is 5.56 Å². The molecule has 0 bridgehead atoms. The Hall–Kier alpha value is -0.900. The van der Waals surface area contributed by atoms with Crippen molar-refractivity contribution in [2.45, 2.75) is 31.0 Å². The maximum atomic E-state index is 9.81. The lowest BCUT2D eigenvalue weighted by Gasteiger charge is -2.53. The zero-order valence-corrected chi connectivity index (χ0v) is 10.0. The fourth-order valence-corrected chi connectivity index (χ4v) is 2.90. The van der Waals surface area contributed by atoms with Crippen LogP contribution in [0.3, 0.4) is 0 Å². The van der Waals surface area contributed by atoms with Crippen LogP contribution in [0.1, 0.15) is 18.4 Å². The normalized spacial score (nSPS) is 27.9. The van der Waals surface area contributed by atoms with Gasteiger partial charge in [-0.25, -0.2) is 0 Å². The van der Waals surface area contributed by atoms with Gasteiger partial charge in [-0.05, 0) is 18.4 Å². The molecule has 1 N–H and O–H groups in total. The Morgan fingerprint density at radius 1 is 1.29 bits per heavy atom. The van der Waals surface area contributed by atoms with E-state index in [1.807, 2.05) is 6.07 Å². The van der Waals surface area contributed by atoms with Crippen molar-refractivity contribution in [2.24, 2.45) is 0 Å². The molecule has 17 heavy (non-hydrogen) atoms. The quantitative estimate of drug-likeness (QED) is 0.838. The molecule has 0 amide bonds. The minimum atomic E-state index is -0.147. The van der Waals surface area contributed by atoms with Crippen molar-refractivity contribution < 1.29 is 9.84 Å². The average Bonchev–Trinajstić information content (AvgIpc) is 2.31. The summed E-state index contributed by atoms with van der Waals surface area (Å²) in [5.41, 5.74) is 1.45. The van der Waals surface area contributed by atoms with Crippen molar-refractivity contribution in [1.29, 1.82) is 0 Å². The monoisotopic (exact) mass is 233 g/mol. The summed E-state index contributed by atoms with van der Waals surface area (Å²) in [5, 5.41) is 9.81. The van der Waals surface area contributed by atoms with E-state index >= 15 is 0 Å². The molecule has 3 heteroatoms. The van der Waals surface area contributed by atoms with Gasteiger partial charge in [-0.3, -0.25) is 4.90 Å². The number of ether oxygens (including phenoxy) is 1. The van der Waals surface area contributed by atoms with Gasteiger partial charge >= 0.3 is 0 Å². The summed E-state index contributed by atoms with van der Waals surface area (Å²) in [4.78, 5) is 2.48. The molecule has 0 radical (unpaired) electrons. The summed E-state index contributed by atoms with van der Waals surface area (Å²) < 4.78 is 5.38. The number of aliphatic hydroxyl groups is 1. The summed E-state index contributed by atoms with van der Waals surface area (Å²) in [7, 11) is 0. The van der Waals surface area contributed by atoms with E-state index in [0.29, 0.717) is 0 Å². The molecule has 1 spiro atoms. The Morgan fingerprint density at radius 3 is 2.71 bits per heavy atom. The number of likely N-dealkylation sites (tertiary alicyclic amines) is 1. The second kappa shape index (κ2) is 4.41. The molecule has 2 aliphatic rings. The number of hydrogen-bond acceptors (Lipinski definition) is 3. The van der Waals surface area contributed by atoms with Crippen LogP contribution >= 0.6 is 0 Å². The summed E-state index contributed by atoms with van der Waals surface area (Å²) in [5.74, 6) is 0. The van der Waals surface area contributed by atoms with Gasteiger partial charge < -0.3 is 9.84 Å². The standard InChI is InChI=1S/C14H19NO2/c16-13-6-7-15(14(8-13)10-17-11-14)9-12-4-2-1-3-5-12/h1-5,13,16H,6-11H2/t13-/m0/s1. The second-order valence-corrected chi connectivity index (χ2v) is 5.27. The van der Waals surface area contributed by atoms with E-state index in [9.17, 15) is 5.11 Å². The highest BCUT2D eigenvalue weighted by Gasteiger charge is 2.47. The first kappa shape index (κ1) is 11.2. The van der Waals surface area contributed by atoms with Crippen molar-refractivity contribution in [3.63, 3.8) is 0 Å². The van der Waals surface area contributed by atoms with Crippen LogP contribution in [0.15, 0.2) is 30.3 Å². The van der Waals surface area contributed by atoms with Crippen molar-refractivity contribution in [3.05, 3.63) is 35.9 Å². The minimum absolute atomic E-state index is 0.105. The molecule has 0 unspecified atom stereocenters. The summed E-state index contributed by atoms with van der Waals surface area (Å²) in [6.07, 6.45) is 1.60. The molecule has 2 heterocycles. The first-order valence-electron chi connectivity index (χ1n) is 6.33. The van der Waals surface area contributed by atoms with E-state index in [4.69, 9.17) is 4.74 Å². The van der Waals surface area contributed by atoms with Crippen LogP contribution in [0.2, 0.25) is 0 Å². The van der Waals surface area contributed by atoms with Crippen LogP contribution in [0.25, 0.3) is 0 Å². The molecule has 0 saturated carbocycles. The first-order valence-corrected chi connectivity index (χ1v) is 6.33. The number of piperidine rings is 1. The van der Waals surface area contributed by atoms with E-state index in [1.54, 1.807) is 0 Å². The zero-order chi connectivity index (χ0) is 11.7. The van der Waals surface area contributed by atoms with Crippen molar-refractivity contribution in [3.8, 4) is 0 Å². The van der Waals surface area contributed by atoms with E-state index in [0.717, 1.165) is 39.1 Å². The number of hydrogen-bond donors (Lipinski definition) is 1. The smallest absolute Gasteiger partial charge is 0.0706 e. The van der Waals surface area contributed by atoms with Gasteiger partial charge in [0, 0.05) is 13.1 Å². The average molecular weight is 233 g/mol. The van der Waals surface area contributed by atoms with Crippen LogP contribution in [0.4, 0.5) is 0 Å². The van der Waals surface area contributed by atoms with Gasteiger partial charge in [0.05, 0.1) is 24.9 Å². The van der Waals surface area contributed by atoms with Gasteiger partial charge in [0.15, 0.2) is 0 Å². The SMILES string of the molecule is O[C@H]1CCN(Cc2ccccc2)C2(COC2)C1. The maximum absolute atomic E-state index is 9.81. The molecule has 2 aliphatic heterocycles. The molecule has 92 valence electrons. The van der Waals surface area contributed by atoms with E-state index < -0.39 is 0 Å². The predicted octanol–water partition coefficient (Wildman–Crippen LogP) is 1.41. The molecule has 3 nitrogen and oxygen atoms in total. The Balaban J connectivity index is 1.73. The molecule has 0 aromatic heterocycles. The van der Waals surface area contributed by atoms with Crippen molar-refractivity contribution >= 4 is 0 Å². The van der Waals surface area contributed by atoms with Crippen molar-refractivity contribution in [1.82, 2.24) is 4.90 Å². The largest absolute Gasteiger partial charge is 0.393 e. The molecular formula is C14H19NO2. The van der Waals surface area contributed by atoms with Crippen LogP contribution < -0.4 is 0 Å². The van der Waals surface area contributed by atoms with Gasteiger partial charge in [0.2, 0.25) is 0 Å². The third-order valence-corrected chi connectivity index (χ3v) is 3.98. The van der Waals surface area contributed by atoms with Gasteiger partial charge in [-0.15, -0.1) is 0 Å². The summed E-state index contributed by atoms with van der Waals surface area (Å²) in [6.45, 7) is 3.49. The molecule has 1 atom stereocenters. The van der Waals surface area contributed by atoms with Crippen LogP contribution in [0.5, 0.6) is 0 Å². The van der Waals surface area contributed by atoms with Gasteiger partial charge in [-0.1, -0.05) is 30.3 Å². The highest BCUT2D eigenvalue weighted by Crippen LogP contribution is 2.35. The van der Waals surface area contributed by atoms with E-state index in [2.05, 4.69) is 29.2 Å². The highest BCUT2D eigenvalue weighted by molar-refractivity contribution is 5.16. The topological polar surface area (TPSA) is 32.7 Å². The molecule has 1 aromatic carbocycles. The second-order valence-electron chi connectivity index (χ2n) is 5.27. The fraction of sp³-hybridized carbons (Fsp3) is 0.571. The molecule has 1 aromatic rings. The Bertz CT molecular complexity index is 375. The molecule has 0 aliphatic carbocycles. The van der Waals surface area contributed by atoms with Crippen LogP contribution in [-0.4, -0.2) is 41.4 Å². The number of aliphatic hydroxyl groups excluding tert-OH is 1. The third-order valence-electron chi connectivity index (χ3n) is 3.98. The lowest BCUT2D eigenvalue weighted by Crippen LogP contribution is -2.65. The van der Waals surface area contributed by atoms with Crippen molar-refractivity contribution in [2.75, 3.05) is 19.8 Å². The number of benzene rings is 1. The maximum Gasteiger partial charge on any atom is 0.0706 e. The fourth-order valence-electron chi connectivity index (χ4n) is 2.90. The van der Waals surface area contributed by atoms with E-state index in [-0.39, 0.29) is 11.6 Å². The molecule has 2 saturated heterocycles. The number of rotatable bonds is 2. The van der Waals surface area contributed by atoms with Gasteiger partial charge in [-0.2, -0.15) is 0 Å². The Morgan fingerprint density at radius 2 is 2.06 bits per heavy atom. The summed E-state index contributed by atoms with van der Waals surface area (Å²) >= 11 is 0. The predicted molar refractivity (Wildman–Crippen MR) is 65.6 cm³/mol. The molecule has 3 rings (SSSR count). The van der Waals surface area contributed by atoms with Crippen LogP contribution in [-0.2, 0) is 11.3 Å². The minimum Gasteiger partial charge on any atom is -0.393 e. The Labute approximate surface area is 102 Å². The third kappa shape index (κ3) is 2.10. The lowest BCUT2D eigenvalue weighted by atomic mass is 9.83. The molecule has 2 fully saturated rings. The number of nitrogens with zero attached hydrogens (tertiary/aromatic N) is 1. The van der Waals surface area contributed by atoms with Gasteiger partial charge in [0.1, 0.15) is 0 Å². The highest BCUT2D eigenvalue weighted by atomic mass is 16.5. The van der Waals surface area contributed by atoms with Gasteiger partial charge in [0.25, 0.3) is 0 Å².